The lowest BCUT2D eigenvalue weighted by Crippen LogP contribution is -2.06. The average Bonchev–Trinajstić information content (AvgIpc) is 2.28. The van der Waals surface area contributed by atoms with Crippen LogP contribution >= 0.6 is 12.6 Å². The number of rotatable bonds is 4. The third-order valence-electron chi connectivity index (χ3n) is 1.99. The van der Waals surface area contributed by atoms with E-state index >= 15 is 0 Å². The summed E-state index contributed by atoms with van der Waals surface area (Å²) in [6.07, 6.45) is 0.312. The molecule has 1 aromatic heterocycles. The van der Waals surface area contributed by atoms with E-state index in [2.05, 4.69) is 17.6 Å². The number of allylic oxidation sites excluding steroid dienone is 1. The molecule has 0 N–H and O–H groups in total. The molecular formula is C11H12F3NOS. The number of pyridine rings is 1. The maximum Gasteiger partial charge on any atom is 0.417 e. The second kappa shape index (κ2) is 5.95. The molecule has 0 aromatic carbocycles. The van der Waals surface area contributed by atoms with Crippen molar-refractivity contribution in [3.05, 3.63) is 29.5 Å². The van der Waals surface area contributed by atoms with E-state index in [1.54, 1.807) is 12.2 Å². The molecule has 0 amide bonds. The van der Waals surface area contributed by atoms with Gasteiger partial charge in [-0.1, -0.05) is 12.2 Å². The van der Waals surface area contributed by atoms with Crippen LogP contribution in [0.1, 0.15) is 17.5 Å². The first-order chi connectivity index (χ1) is 7.99. The van der Waals surface area contributed by atoms with E-state index in [1.165, 1.54) is 7.11 Å². The number of thiol groups is 1. The van der Waals surface area contributed by atoms with Crippen LogP contribution in [0.4, 0.5) is 13.2 Å². The van der Waals surface area contributed by atoms with Gasteiger partial charge in [0.05, 0.1) is 12.7 Å². The first-order valence-corrected chi connectivity index (χ1v) is 5.51. The lowest BCUT2D eigenvalue weighted by Gasteiger charge is -2.09. The second-order valence-corrected chi connectivity index (χ2v) is 3.68. The molecule has 0 aliphatic carbocycles. The van der Waals surface area contributed by atoms with Gasteiger partial charge in [-0.25, -0.2) is 4.98 Å². The van der Waals surface area contributed by atoms with Crippen molar-refractivity contribution in [1.82, 2.24) is 4.98 Å². The van der Waals surface area contributed by atoms with Crippen molar-refractivity contribution in [3.63, 3.8) is 0 Å². The average molecular weight is 263 g/mol. The molecular weight excluding hydrogens is 251 g/mol. The molecule has 0 spiro atoms. The summed E-state index contributed by atoms with van der Waals surface area (Å²) in [6, 6.07) is 1.01. The molecule has 0 aliphatic heterocycles. The molecule has 2 nitrogen and oxygen atoms in total. The number of halogens is 3. The minimum atomic E-state index is -4.40. The van der Waals surface area contributed by atoms with Crippen molar-refractivity contribution in [1.29, 1.82) is 0 Å². The van der Waals surface area contributed by atoms with Gasteiger partial charge in [-0.2, -0.15) is 25.8 Å². The molecule has 0 bridgehead atoms. The van der Waals surface area contributed by atoms with Gasteiger partial charge in [-0.3, -0.25) is 0 Å². The standard InChI is InChI=1S/C11H12F3NOS/c1-16-10-8(4-2-3-5-17)6-9(7-15-10)11(12,13)14/h2,4,6-7,17H,3,5H2,1H3. The summed E-state index contributed by atoms with van der Waals surface area (Å²) in [5, 5.41) is 0. The monoisotopic (exact) mass is 263 g/mol. The molecule has 1 heterocycles. The normalized spacial score (nSPS) is 12.1. The van der Waals surface area contributed by atoms with Crippen molar-refractivity contribution in [2.45, 2.75) is 12.6 Å². The summed E-state index contributed by atoms with van der Waals surface area (Å²) < 4.78 is 42.3. The van der Waals surface area contributed by atoms with Gasteiger partial charge in [-0.05, 0) is 18.2 Å². The summed E-state index contributed by atoms with van der Waals surface area (Å²) in [4.78, 5) is 3.63. The zero-order valence-corrected chi connectivity index (χ0v) is 10.1. The number of methoxy groups -OCH3 is 1. The number of aromatic nitrogens is 1. The van der Waals surface area contributed by atoms with E-state index in [1.807, 2.05) is 0 Å². The molecule has 0 fully saturated rings. The first kappa shape index (κ1) is 13.9. The van der Waals surface area contributed by atoms with Crippen molar-refractivity contribution in [3.8, 4) is 5.88 Å². The summed E-state index contributed by atoms with van der Waals surface area (Å²) >= 11 is 4.00. The van der Waals surface area contributed by atoms with Gasteiger partial charge in [0.1, 0.15) is 0 Å². The lowest BCUT2D eigenvalue weighted by atomic mass is 10.1. The number of ether oxygens (including phenoxy) is 1. The molecule has 0 saturated carbocycles. The Bertz CT molecular complexity index is 404. The molecule has 0 saturated heterocycles. The van der Waals surface area contributed by atoms with Gasteiger partial charge in [0, 0.05) is 11.8 Å². The van der Waals surface area contributed by atoms with Crippen molar-refractivity contribution in [2.24, 2.45) is 0 Å². The maximum atomic E-state index is 12.5. The largest absolute Gasteiger partial charge is 0.481 e. The summed E-state index contributed by atoms with van der Waals surface area (Å²) in [7, 11) is 1.37. The van der Waals surface area contributed by atoms with Gasteiger partial charge in [0.15, 0.2) is 0 Å². The number of hydrogen-bond acceptors (Lipinski definition) is 3. The zero-order chi connectivity index (χ0) is 12.9. The Balaban J connectivity index is 3.07. The fourth-order valence-corrected chi connectivity index (χ4v) is 1.35. The molecule has 0 aliphatic rings. The fourth-order valence-electron chi connectivity index (χ4n) is 1.20. The molecule has 1 rings (SSSR count). The van der Waals surface area contributed by atoms with E-state index in [0.29, 0.717) is 17.7 Å². The van der Waals surface area contributed by atoms with Gasteiger partial charge in [-0.15, -0.1) is 0 Å². The molecule has 0 atom stereocenters. The van der Waals surface area contributed by atoms with Crippen molar-refractivity contribution >= 4 is 18.7 Å². The molecule has 1 aromatic rings. The number of alkyl halides is 3. The third-order valence-corrected chi connectivity index (χ3v) is 2.25. The Morgan fingerprint density at radius 1 is 1.47 bits per heavy atom. The first-order valence-electron chi connectivity index (χ1n) is 4.87. The van der Waals surface area contributed by atoms with Crippen LogP contribution in [0.25, 0.3) is 6.08 Å². The lowest BCUT2D eigenvalue weighted by molar-refractivity contribution is -0.137. The minimum Gasteiger partial charge on any atom is -0.481 e. The maximum absolute atomic E-state index is 12.5. The van der Waals surface area contributed by atoms with Gasteiger partial charge < -0.3 is 4.74 Å². The Labute approximate surface area is 103 Å². The SMILES string of the molecule is COc1ncc(C(F)(F)F)cc1C=CCCS. The Hall–Kier alpha value is -1.17. The molecule has 94 valence electrons. The summed E-state index contributed by atoms with van der Waals surface area (Å²) in [6.45, 7) is 0. The van der Waals surface area contributed by atoms with Gasteiger partial charge in [0.2, 0.25) is 5.88 Å². The predicted molar refractivity (Wildman–Crippen MR) is 63.3 cm³/mol. The summed E-state index contributed by atoms with van der Waals surface area (Å²) in [5.41, 5.74) is -0.479. The minimum absolute atomic E-state index is 0.174. The smallest absolute Gasteiger partial charge is 0.417 e. The van der Waals surface area contributed by atoms with Gasteiger partial charge in [0.25, 0.3) is 0 Å². The summed E-state index contributed by atoms with van der Waals surface area (Å²) in [5.74, 6) is 0.805. The van der Waals surface area contributed by atoms with Crippen molar-refractivity contribution in [2.75, 3.05) is 12.9 Å². The Morgan fingerprint density at radius 2 is 2.18 bits per heavy atom. The predicted octanol–water partition coefficient (Wildman–Crippen LogP) is 3.44. The number of nitrogens with zero attached hydrogens (tertiary/aromatic N) is 1. The van der Waals surface area contributed by atoms with Crippen LogP contribution in [0.2, 0.25) is 0 Å². The van der Waals surface area contributed by atoms with E-state index in [-0.39, 0.29) is 5.88 Å². The van der Waals surface area contributed by atoms with E-state index < -0.39 is 11.7 Å². The van der Waals surface area contributed by atoms with Crippen LogP contribution in [0, 0.1) is 0 Å². The van der Waals surface area contributed by atoms with Crippen LogP contribution in [0.3, 0.4) is 0 Å². The quantitative estimate of drug-likeness (QED) is 0.840. The topological polar surface area (TPSA) is 22.1 Å². The Morgan fingerprint density at radius 3 is 2.71 bits per heavy atom. The van der Waals surface area contributed by atoms with Gasteiger partial charge >= 0.3 is 6.18 Å². The highest BCUT2D eigenvalue weighted by Crippen LogP contribution is 2.31. The van der Waals surface area contributed by atoms with Crippen LogP contribution < -0.4 is 4.74 Å². The highest BCUT2D eigenvalue weighted by Gasteiger charge is 2.31. The zero-order valence-electron chi connectivity index (χ0n) is 9.16. The molecule has 17 heavy (non-hydrogen) atoms. The van der Waals surface area contributed by atoms with Crippen molar-refractivity contribution < 1.29 is 17.9 Å². The second-order valence-electron chi connectivity index (χ2n) is 3.23. The van der Waals surface area contributed by atoms with Crippen LogP contribution in [0.15, 0.2) is 18.3 Å². The van der Waals surface area contributed by atoms with Crippen LogP contribution in [0.5, 0.6) is 5.88 Å². The molecule has 0 radical (unpaired) electrons. The number of hydrogen-bond donors (Lipinski definition) is 1. The Kier molecular flexibility index (Phi) is 4.86. The van der Waals surface area contributed by atoms with E-state index in [4.69, 9.17) is 4.74 Å². The van der Waals surface area contributed by atoms with Crippen LogP contribution in [-0.4, -0.2) is 17.8 Å². The highest BCUT2D eigenvalue weighted by atomic mass is 32.1. The van der Waals surface area contributed by atoms with E-state index in [0.717, 1.165) is 12.3 Å². The highest BCUT2D eigenvalue weighted by molar-refractivity contribution is 7.80. The molecule has 6 heteroatoms. The molecule has 0 unspecified atom stereocenters. The van der Waals surface area contributed by atoms with E-state index in [9.17, 15) is 13.2 Å². The fraction of sp³-hybridized carbons (Fsp3) is 0.364. The van der Waals surface area contributed by atoms with Crippen LogP contribution in [-0.2, 0) is 6.18 Å². The third kappa shape index (κ3) is 3.96.